The summed E-state index contributed by atoms with van der Waals surface area (Å²) in [6.45, 7) is 11.8. The van der Waals surface area contributed by atoms with E-state index in [4.69, 9.17) is 5.73 Å². The van der Waals surface area contributed by atoms with Crippen molar-refractivity contribution in [1.29, 1.82) is 0 Å². The Kier molecular flexibility index (Phi) is 3.47. The summed E-state index contributed by atoms with van der Waals surface area (Å²) >= 11 is 0. The third kappa shape index (κ3) is 2.27. The molecule has 19 heavy (non-hydrogen) atoms. The van der Waals surface area contributed by atoms with Gasteiger partial charge >= 0.3 is 0 Å². The third-order valence-electron chi connectivity index (χ3n) is 3.18. The molecular weight excluding hydrogens is 234 g/mol. The topological polar surface area (TPSA) is 51.8 Å². The number of nitrogen functional groups attached to an aromatic ring is 1. The zero-order chi connectivity index (χ0) is 14.0. The van der Waals surface area contributed by atoms with Gasteiger partial charge in [-0.3, -0.25) is 0 Å². The van der Waals surface area contributed by atoms with Crippen molar-refractivity contribution in [2.75, 3.05) is 5.73 Å². The van der Waals surface area contributed by atoms with Crippen LogP contribution in [-0.2, 0) is 0 Å². The molecule has 0 amide bonds. The Morgan fingerprint density at radius 3 is 2.79 bits per heavy atom. The molecule has 2 aromatic rings. The number of fused-ring (bicyclic) bond motifs is 1. The van der Waals surface area contributed by atoms with E-state index in [-0.39, 0.29) is 0 Å². The number of hydrogen-bond donors (Lipinski definition) is 1. The average molecular weight is 251 g/mol. The second-order valence-corrected chi connectivity index (χ2v) is 4.35. The van der Waals surface area contributed by atoms with Gasteiger partial charge < -0.3 is 5.73 Å². The summed E-state index contributed by atoms with van der Waals surface area (Å²) in [5, 5.41) is 0.860. The van der Waals surface area contributed by atoms with Gasteiger partial charge in [-0.05, 0) is 37.1 Å². The van der Waals surface area contributed by atoms with Gasteiger partial charge in [0.05, 0.1) is 11.2 Å². The lowest BCUT2D eigenvalue weighted by Crippen LogP contribution is -1.98. The summed E-state index contributed by atoms with van der Waals surface area (Å²) in [7, 11) is 0. The van der Waals surface area contributed by atoms with Crippen LogP contribution in [-0.4, -0.2) is 9.97 Å². The predicted molar refractivity (Wildman–Crippen MR) is 82.5 cm³/mol. The van der Waals surface area contributed by atoms with Gasteiger partial charge in [-0.1, -0.05) is 25.3 Å². The molecule has 2 aromatic heterocycles. The quantitative estimate of drug-likeness (QED) is 0.843. The molecular formula is C16H17N3. The molecule has 0 atom stereocenters. The molecule has 0 bridgehead atoms. The van der Waals surface area contributed by atoms with E-state index in [0.717, 1.165) is 33.3 Å². The minimum absolute atomic E-state index is 0.492. The zero-order valence-corrected chi connectivity index (χ0v) is 11.3. The Morgan fingerprint density at radius 1 is 1.42 bits per heavy atom. The SMILES string of the molecule is C=CC(=C)c1nc2ccnc(N)c2cc1C(C)=CC. The van der Waals surface area contributed by atoms with E-state index < -0.39 is 0 Å². The first-order chi connectivity index (χ1) is 9.08. The van der Waals surface area contributed by atoms with E-state index in [2.05, 4.69) is 23.1 Å². The van der Waals surface area contributed by atoms with Crippen LogP contribution in [0.1, 0.15) is 25.1 Å². The summed E-state index contributed by atoms with van der Waals surface area (Å²) in [5.74, 6) is 0.492. The lowest BCUT2D eigenvalue weighted by atomic mass is 9.99. The van der Waals surface area contributed by atoms with Crippen molar-refractivity contribution < 1.29 is 0 Å². The van der Waals surface area contributed by atoms with Gasteiger partial charge in [0.2, 0.25) is 0 Å². The molecule has 0 fully saturated rings. The van der Waals surface area contributed by atoms with Gasteiger partial charge in [-0.15, -0.1) is 0 Å². The predicted octanol–water partition coefficient (Wildman–Crippen LogP) is 3.83. The molecule has 0 aliphatic carbocycles. The van der Waals surface area contributed by atoms with Crippen molar-refractivity contribution in [3.8, 4) is 0 Å². The van der Waals surface area contributed by atoms with Crippen LogP contribution >= 0.6 is 0 Å². The smallest absolute Gasteiger partial charge is 0.132 e. The van der Waals surface area contributed by atoms with E-state index in [1.54, 1.807) is 12.3 Å². The van der Waals surface area contributed by atoms with Crippen molar-refractivity contribution in [2.24, 2.45) is 0 Å². The molecule has 3 nitrogen and oxygen atoms in total. The summed E-state index contributed by atoms with van der Waals surface area (Å²) in [4.78, 5) is 8.75. The molecule has 0 aromatic carbocycles. The molecule has 2 rings (SSSR count). The zero-order valence-electron chi connectivity index (χ0n) is 11.3. The number of allylic oxidation sites excluding steroid dienone is 4. The number of nitrogens with zero attached hydrogens (tertiary/aromatic N) is 2. The number of aromatic nitrogens is 2. The maximum absolute atomic E-state index is 5.91. The van der Waals surface area contributed by atoms with E-state index in [1.807, 2.05) is 32.1 Å². The number of hydrogen-bond acceptors (Lipinski definition) is 3. The number of anilines is 1. The Labute approximate surface area is 113 Å². The van der Waals surface area contributed by atoms with Gasteiger partial charge in [0.25, 0.3) is 0 Å². The fourth-order valence-corrected chi connectivity index (χ4v) is 1.92. The molecule has 0 saturated heterocycles. The van der Waals surface area contributed by atoms with Crippen LogP contribution in [0.2, 0.25) is 0 Å². The average Bonchev–Trinajstić information content (AvgIpc) is 2.44. The first kappa shape index (κ1) is 13.0. The minimum Gasteiger partial charge on any atom is -0.383 e. The second-order valence-electron chi connectivity index (χ2n) is 4.35. The highest BCUT2D eigenvalue weighted by atomic mass is 14.8. The van der Waals surface area contributed by atoms with Crippen LogP contribution in [0.25, 0.3) is 22.0 Å². The van der Waals surface area contributed by atoms with E-state index in [0.29, 0.717) is 5.82 Å². The molecule has 0 aliphatic rings. The maximum Gasteiger partial charge on any atom is 0.132 e. The van der Waals surface area contributed by atoms with Crippen molar-refractivity contribution in [1.82, 2.24) is 9.97 Å². The van der Waals surface area contributed by atoms with Gasteiger partial charge in [0.1, 0.15) is 5.82 Å². The highest BCUT2D eigenvalue weighted by Gasteiger charge is 2.11. The maximum atomic E-state index is 5.91. The molecule has 0 aliphatic heterocycles. The summed E-state index contributed by atoms with van der Waals surface area (Å²) in [5.41, 5.74) is 10.5. The van der Waals surface area contributed by atoms with Crippen LogP contribution in [0.3, 0.4) is 0 Å². The Morgan fingerprint density at radius 2 is 2.16 bits per heavy atom. The molecule has 2 N–H and O–H groups in total. The van der Waals surface area contributed by atoms with Gasteiger partial charge in [-0.25, -0.2) is 9.97 Å². The van der Waals surface area contributed by atoms with Gasteiger partial charge in [0, 0.05) is 17.1 Å². The lowest BCUT2D eigenvalue weighted by molar-refractivity contribution is 1.29. The monoisotopic (exact) mass is 251 g/mol. The largest absolute Gasteiger partial charge is 0.383 e. The summed E-state index contributed by atoms with van der Waals surface area (Å²) < 4.78 is 0. The number of rotatable bonds is 3. The number of pyridine rings is 2. The first-order valence-corrected chi connectivity index (χ1v) is 6.08. The third-order valence-corrected chi connectivity index (χ3v) is 3.18. The van der Waals surface area contributed by atoms with Crippen LogP contribution in [0.15, 0.2) is 43.6 Å². The molecule has 0 unspecified atom stereocenters. The van der Waals surface area contributed by atoms with E-state index in [9.17, 15) is 0 Å². The standard InChI is InChI=1S/C16H17N3/c1-5-10(3)12-9-13-14(7-8-18-16(13)17)19-15(12)11(4)6-2/h5-9H,2,4H2,1,3H3,(H2,17,18). The number of nitrogens with two attached hydrogens (primary N) is 1. The summed E-state index contributed by atoms with van der Waals surface area (Å²) in [6.07, 6.45) is 5.41. The van der Waals surface area contributed by atoms with Crippen molar-refractivity contribution in [3.63, 3.8) is 0 Å². The van der Waals surface area contributed by atoms with Gasteiger partial charge in [-0.2, -0.15) is 0 Å². The Bertz CT molecular complexity index is 696. The fourth-order valence-electron chi connectivity index (χ4n) is 1.92. The van der Waals surface area contributed by atoms with Crippen LogP contribution in [0, 0.1) is 0 Å². The Hall–Kier alpha value is -2.42. The Balaban J connectivity index is 2.85. The van der Waals surface area contributed by atoms with E-state index >= 15 is 0 Å². The normalized spacial score (nSPS) is 11.6. The van der Waals surface area contributed by atoms with Crippen LogP contribution in [0.4, 0.5) is 5.82 Å². The van der Waals surface area contributed by atoms with Gasteiger partial charge in [0.15, 0.2) is 0 Å². The first-order valence-electron chi connectivity index (χ1n) is 6.08. The summed E-state index contributed by atoms with van der Waals surface area (Å²) in [6, 6.07) is 3.87. The molecule has 2 heterocycles. The molecule has 0 saturated carbocycles. The molecule has 0 spiro atoms. The van der Waals surface area contributed by atoms with E-state index in [1.165, 1.54) is 0 Å². The highest BCUT2D eigenvalue weighted by molar-refractivity contribution is 5.93. The second kappa shape index (κ2) is 5.06. The van der Waals surface area contributed by atoms with Crippen molar-refractivity contribution in [2.45, 2.75) is 13.8 Å². The molecule has 96 valence electrons. The van der Waals surface area contributed by atoms with Crippen LogP contribution < -0.4 is 5.73 Å². The molecule has 0 radical (unpaired) electrons. The van der Waals surface area contributed by atoms with Crippen molar-refractivity contribution >= 4 is 27.9 Å². The highest BCUT2D eigenvalue weighted by Crippen LogP contribution is 2.28. The fraction of sp³-hybridized carbons (Fsp3) is 0.125. The van der Waals surface area contributed by atoms with Crippen LogP contribution in [0.5, 0.6) is 0 Å². The molecule has 3 heteroatoms. The lowest BCUT2D eigenvalue weighted by Gasteiger charge is -2.12. The van der Waals surface area contributed by atoms with Crippen molar-refractivity contribution in [3.05, 3.63) is 54.9 Å². The minimum atomic E-state index is 0.492.